The molecule has 1 fully saturated rings. The average molecular weight is 248 g/mol. The van der Waals surface area contributed by atoms with Crippen molar-refractivity contribution in [3.63, 3.8) is 0 Å². The molecule has 1 aromatic rings. The summed E-state index contributed by atoms with van der Waals surface area (Å²) in [4.78, 5) is 11.2. The highest BCUT2D eigenvalue weighted by molar-refractivity contribution is 5.28. The van der Waals surface area contributed by atoms with Gasteiger partial charge in [0.2, 0.25) is 5.95 Å². The number of likely N-dealkylation sites (N-methyl/N-ethyl adjacent to an activating group) is 1. The maximum atomic E-state index is 4.44. The van der Waals surface area contributed by atoms with E-state index in [0.717, 1.165) is 23.9 Å². The highest BCUT2D eigenvalue weighted by Gasteiger charge is 2.35. The summed E-state index contributed by atoms with van der Waals surface area (Å²) < 4.78 is 0. The first kappa shape index (κ1) is 13.3. The molecule has 4 nitrogen and oxygen atoms in total. The van der Waals surface area contributed by atoms with Gasteiger partial charge in [0, 0.05) is 23.5 Å². The van der Waals surface area contributed by atoms with Crippen LogP contribution in [0.1, 0.15) is 37.1 Å². The van der Waals surface area contributed by atoms with Crippen molar-refractivity contribution >= 4 is 5.95 Å². The average Bonchev–Trinajstić information content (AvgIpc) is 2.75. The first-order valence-corrected chi connectivity index (χ1v) is 6.75. The van der Waals surface area contributed by atoms with Gasteiger partial charge < -0.3 is 10.2 Å². The molecule has 0 spiro atoms. The van der Waals surface area contributed by atoms with Gasteiger partial charge in [0.05, 0.1) is 0 Å². The van der Waals surface area contributed by atoms with Crippen LogP contribution in [0.4, 0.5) is 5.95 Å². The lowest BCUT2D eigenvalue weighted by molar-refractivity contribution is 0.172. The Labute approximate surface area is 110 Å². The van der Waals surface area contributed by atoms with Crippen LogP contribution in [0.25, 0.3) is 0 Å². The highest BCUT2D eigenvalue weighted by atomic mass is 15.2. The Balaban J connectivity index is 2.05. The number of hydrogen-bond acceptors (Lipinski definition) is 4. The van der Waals surface area contributed by atoms with E-state index in [-0.39, 0.29) is 5.54 Å². The zero-order valence-electron chi connectivity index (χ0n) is 12.0. The molecule has 0 amide bonds. The molecule has 1 heterocycles. The molecule has 0 radical (unpaired) electrons. The first-order valence-electron chi connectivity index (χ1n) is 6.75. The molecule has 0 bridgehead atoms. The maximum absolute atomic E-state index is 4.44. The number of nitrogens with zero attached hydrogens (tertiary/aromatic N) is 3. The van der Waals surface area contributed by atoms with E-state index in [1.165, 1.54) is 25.7 Å². The fraction of sp³-hybridized carbons (Fsp3) is 0.714. The Bertz CT molecular complexity index is 388. The van der Waals surface area contributed by atoms with Crippen molar-refractivity contribution in [1.29, 1.82) is 0 Å². The zero-order valence-corrected chi connectivity index (χ0v) is 12.0. The minimum atomic E-state index is 0.279. The van der Waals surface area contributed by atoms with Gasteiger partial charge >= 0.3 is 0 Å². The van der Waals surface area contributed by atoms with Crippen LogP contribution < -0.4 is 5.32 Å². The Morgan fingerprint density at radius 1 is 1.17 bits per heavy atom. The molecular weight excluding hydrogens is 224 g/mol. The van der Waals surface area contributed by atoms with Crippen LogP contribution in [-0.4, -0.2) is 41.0 Å². The second kappa shape index (κ2) is 5.22. The summed E-state index contributed by atoms with van der Waals surface area (Å²) in [6.07, 6.45) is 5.18. The molecule has 0 unspecified atom stereocenters. The van der Waals surface area contributed by atoms with E-state index in [2.05, 4.69) is 34.3 Å². The summed E-state index contributed by atoms with van der Waals surface area (Å²) in [5.74, 6) is 0.764. The summed E-state index contributed by atoms with van der Waals surface area (Å²) in [5, 5.41) is 3.43. The zero-order chi connectivity index (χ0) is 13.2. The summed E-state index contributed by atoms with van der Waals surface area (Å²) in [5.41, 5.74) is 2.33. The molecule has 1 aromatic heterocycles. The van der Waals surface area contributed by atoms with Gasteiger partial charge in [-0.25, -0.2) is 9.97 Å². The number of hydrogen-bond donors (Lipinski definition) is 1. The smallest absolute Gasteiger partial charge is 0.223 e. The minimum Gasteiger partial charge on any atom is -0.352 e. The fourth-order valence-corrected chi connectivity index (χ4v) is 2.86. The normalized spacial score (nSPS) is 18.3. The molecule has 0 atom stereocenters. The predicted octanol–water partition coefficient (Wildman–Crippen LogP) is 2.38. The van der Waals surface area contributed by atoms with Crippen molar-refractivity contribution < 1.29 is 0 Å². The van der Waals surface area contributed by atoms with Crippen LogP contribution in [0.15, 0.2) is 6.07 Å². The third-order valence-corrected chi connectivity index (χ3v) is 4.04. The number of anilines is 1. The molecule has 0 saturated heterocycles. The van der Waals surface area contributed by atoms with E-state index in [9.17, 15) is 0 Å². The third kappa shape index (κ3) is 2.80. The van der Waals surface area contributed by atoms with E-state index in [4.69, 9.17) is 0 Å². The van der Waals surface area contributed by atoms with E-state index in [1.807, 2.05) is 19.9 Å². The summed E-state index contributed by atoms with van der Waals surface area (Å²) in [6.45, 7) is 4.96. The highest BCUT2D eigenvalue weighted by Crippen LogP contribution is 2.33. The molecule has 0 aromatic carbocycles. The van der Waals surface area contributed by atoms with Crippen molar-refractivity contribution in [2.45, 2.75) is 45.1 Å². The van der Waals surface area contributed by atoms with Crippen molar-refractivity contribution in [3.8, 4) is 0 Å². The maximum Gasteiger partial charge on any atom is 0.223 e. The van der Waals surface area contributed by atoms with E-state index in [0.29, 0.717) is 0 Å². The predicted molar refractivity (Wildman–Crippen MR) is 74.9 cm³/mol. The second-order valence-corrected chi connectivity index (χ2v) is 5.65. The van der Waals surface area contributed by atoms with Crippen molar-refractivity contribution in [2.75, 3.05) is 26.0 Å². The topological polar surface area (TPSA) is 41.1 Å². The molecule has 1 N–H and O–H groups in total. The van der Waals surface area contributed by atoms with Gasteiger partial charge in [-0.15, -0.1) is 0 Å². The van der Waals surface area contributed by atoms with E-state index < -0.39 is 0 Å². The lowest BCUT2D eigenvalue weighted by atomic mass is 9.96. The van der Waals surface area contributed by atoms with Crippen LogP contribution >= 0.6 is 0 Å². The number of rotatable bonds is 4. The first-order chi connectivity index (χ1) is 8.52. The van der Waals surface area contributed by atoms with Gasteiger partial charge in [-0.2, -0.15) is 0 Å². The fourth-order valence-electron chi connectivity index (χ4n) is 2.86. The van der Waals surface area contributed by atoms with Crippen molar-refractivity contribution in [3.05, 3.63) is 17.5 Å². The number of aryl methyl sites for hydroxylation is 2. The molecule has 18 heavy (non-hydrogen) atoms. The van der Waals surface area contributed by atoms with E-state index in [1.54, 1.807) is 0 Å². The van der Waals surface area contributed by atoms with Crippen LogP contribution in [0.2, 0.25) is 0 Å². The summed E-state index contributed by atoms with van der Waals surface area (Å²) >= 11 is 0. The summed E-state index contributed by atoms with van der Waals surface area (Å²) in [6, 6.07) is 2.00. The Morgan fingerprint density at radius 3 is 2.22 bits per heavy atom. The van der Waals surface area contributed by atoms with Crippen LogP contribution in [0.5, 0.6) is 0 Å². The van der Waals surface area contributed by atoms with Gasteiger partial charge in [0.1, 0.15) is 0 Å². The summed E-state index contributed by atoms with van der Waals surface area (Å²) in [7, 11) is 4.35. The Morgan fingerprint density at radius 2 is 1.72 bits per heavy atom. The Hall–Kier alpha value is -1.16. The van der Waals surface area contributed by atoms with Crippen molar-refractivity contribution in [2.24, 2.45) is 0 Å². The van der Waals surface area contributed by atoms with Crippen LogP contribution in [-0.2, 0) is 0 Å². The molecule has 1 aliphatic carbocycles. The SMILES string of the molecule is Cc1cc(C)nc(NCC2(N(C)C)CCCC2)n1. The standard InChI is InChI=1S/C14H24N4/c1-11-9-12(2)17-13(16-11)15-10-14(18(3)4)7-5-6-8-14/h9H,5-8,10H2,1-4H3,(H,15,16,17). The minimum absolute atomic E-state index is 0.279. The van der Waals surface area contributed by atoms with Crippen molar-refractivity contribution in [1.82, 2.24) is 14.9 Å². The molecule has 1 aliphatic rings. The molecule has 1 saturated carbocycles. The van der Waals surface area contributed by atoms with Crippen LogP contribution in [0.3, 0.4) is 0 Å². The number of aromatic nitrogens is 2. The molecular formula is C14H24N4. The molecule has 100 valence electrons. The third-order valence-electron chi connectivity index (χ3n) is 4.04. The van der Waals surface area contributed by atoms with Gasteiger partial charge in [0.25, 0.3) is 0 Å². The molecule has 4 heteroatoms. The largest absolute Gasteiger partial charge is 0.352 e. The lowest BCUT2D eigenvalue weighted by Crippen LogP contribution is -2.47. The van der Waals surface area contributed by atoms with Crippen LogP contribution in [0, 0.1) is 13.8 Å². The number of nitrogens with one attached hydrogen (secondary N) is 1. The molecule has 0 aliphatic heterocycles. The Kier molecular flexibility index (Phi) is 3.85. The lowest BCUT2D eigenvalue weighted by Gasteiger charge is -2.36. The van der Waals surface area contributed by atoms with Gasteiger partial charge in [-0.3, -0.25) is 0 Å². The van der Waals surface area contributed by atoms with Gasteiger partial charge in [-0.1, -0.05) is 12.8 Å². The van der Waals surface area contributed by atoms with Gasteiger partial charge in [-0.05, 0) is 46.9 Å². The monoisotopic (exact) mass is 248 g/mol. The molecule has 2 rings (SSSR count). The van der Waals surface area contributed by atoms with Gasteiger partial charge in [0.15, 0.2) is 0 Å². The quantitative estimate of drug-likeness (QED) is 0.888. The second-order valence-electron chi connectivity index (χ2n) is 5.65. The van der Waals surface area contributed by atoms with E-state index >= 15 is 0 Å².